The van der Waals surface area contributed by atoms with E-state index in [9.17, 15) is 13.2 Å². The van der Waals surface area contributed by atoms with E-state index in [2.05, 4.69) is 15.2 Å². The summed E-state index contributed by atoms with van der Waals surface area (Å²) in [5.74, 6) is 0.179. The number of anilines is 1. The summed E-state index contributed by atoms with van der Waals surface area (Å²) in [5.41, 5.74) is 2.25. The van der Waals surface area contributed by atoms with Crippen LogP contribution < -0.4 is 10.0 Å². The Hall–Kier alpha value is -2.75. The highest BCUT2D eigenvalue weighted by Crippen LogP contribution is 2.26. The van der Waals surface area contributed by atoms with Crippen molar-refractivity contribution in [1.29, 1.82) is 0 Å². The highest BCUT2D eigenvalue weighted by atomic mass is 32.2. The van der Waals surface area contributed by atoms with Crippen LogP contribution in [-0.2, 0) is 21.2 Å². The van der Waals surface area contributed by atoms with Gasteiger partial charge in [-0.3, -0.25) is 4.79 Å². The van der Waals surface area contributed by atoms with Gasteiger partial charge in [-0.25, -0.2) is 13.1 Å². The minimum atomic E-state index is -3.55. The zero-order valence-corrected chi connectivity index (χ0v) is 18.3. The van der Waals surface area contributed by atoms with Crippen molar-refractivity contribution in [3.8, 4) is 0 Å². The van der Waals surface area contributed by atoms with Gasteiger partial charge in [-0.05, 0) is 49.6 Å². The summed E-state index contributed by atoms with van der Waals surface area (Å²) in [6.45, 7) is 3.51. The number of hydrogen-bond acceptors (Lipinski definition) is 6. The maximum absolute atomic E-state index is 12.5. The zero-order chi connectivity index (χ0) is 21.6. The molecule has 9 heteroatoms. The fourth-order valence-corrected chi connectivity index (χ4v) is 5.12. The van der Waals surface area contributed by atoms with Crippen LogP contribution >= 0.6 is 11.3 Å². The van der Waals surface area contributed by atoms with Crippen molar-refractivity contribution in [2.45, 2.75) is 30.9 Å². The van der Waals surface area contributed by atoms with E-state index >= 15 is 0 Å². The molecule has 0 aliphatic rings. The van der Waals surface area contributed by atoms with Gasteiger partial charge in [0.15, 0.2) is 5.76 Å². The Morgan fingerprint density at radius 3 is 2.67 bits per heavy atom. The van der Waals surface area contributed by atoms with Gasteiger partial charge in [0.2, 0.25) is 15.9 Å². The lowest BCUT2D eigenvalue weighted by Crippen LogP contribution is -2.24. The molecule has 7 nitrogen and oxygen atoms in total. The first-order valence-electron chi connectivity index (χ1n) is 9.40. The second-order valence-corrected chi connectivity index (χ2v) is 9.77. The smallest absolute Gasteiger partial charge is 0.250 e. The summed E-state index contributed by atoms with van der Waals surface area (Å²) in [5, 5.41) is 6.53. The Morgan fingerprint density at radius 1 is 1.17 bits per heavy atom. The van der Waals surface area contributed by atoms with Gasteiger partial charge in [0.05, 0.1) is 0 Å². The van der Waals surface area contributed by atoms with E-state index in [1.54, 1.807) is 31.2 Å². The first-order chi connectivity index (χ1) is 14.3. The van der Waals surface area contributed by atoms with Crippen LogP contribution in [0.15, 0.2) is 51.2 Å². The molecule has 3 rings (SSSR count). The zero-order valence-electron chi connectivity index (χ0n) is 16.7. The number of benzene rings is 1. The molecule has 0 spiro atoms. The minimum absolute atomic E-state index is 0.223. The number of aromatic nitrogens is 1. The number of nitrogens with one attached hydrogen (secondary N) is 2. The Balaban J connectivity index is 1.60. The molecule has 0 atom stereocenters. The van der Waals surface area contributed by atoms with Gasteiger partial charge >= 0.3 is 0 Å². The van der Waals surface area contributed by atoms with Crippen LogP contribution in [0, 0.1) is 6.92 Å². The quantitative estimate of drug-likeness (QED) is 0.483. The third kappa shape index (κ3) is 5.88. The van der Waals surface area contributed by atoms with Gasteiger partial charge < -0.3 is 9.84 Å². The van der Waals surface area contributed by atoms with Crippen LogP contribution in [0.5, 0.6) is 0 Å². The average molecular weight is 446 g/mol. The monoisotopic (exact) mass is 445 g/mol. The summed E-state index contributed by atoms with van der Waals surface area (Å²) in [7, 11) is -3.55. The molecule has 0 bridgehead atoms. The lowest BCUT2D eigenvalue weighted by molar-refractivity contribution is -0.114. The fraction of sp³-hybridized carbons (Fsp3) is 0.238. The largest absolute Gasteiger partial charge is 0.354 e. The molecular weight excluding hydrogens is 422 g/mol. The predicted molar refractivity (Wildman–Crippen MR) is 119 cm³/mol. The molecule has 0 fully saturated rings. The van der Waals surface area contributed by atoms with E-state index in [0.29, 0.717) is 23.7 Å². The number of hydrogen-bond donors (Lipinski definition) is 2. The van der Waals surface area contributed by atoms with Crippen LogP contribution in [-0.4, -0.2) is 26.0 Å². The maximum atomic E-state index is 12.5. The van der Waals surface area contributed by atoms with E-state index < -0.39 is 10.0 Å². The molecule has 0 radical (unpaired) electrons. The summed E-state index contributed by atoms with van der Waals surface area (Å²) in [6.07, 6.45) is 4.92. The SMILES string of the molecule is CC(=O)Nc1c(C)noc1C=Cc1ccc(S(=O)(=O)NCCCc2ccccc2)s1. The molecule has 0 saturated carbocycles. The summed E-state index contributed by atoms with van der Waals surface area (Å²) in [6, 6.07) is 13.3. The van der Waals surface area contributed by atoms with Crippen LogP contribution in [0.3, 0.4) is 0 Å². The van der Waals surface area contributed by atoms with Crippen molar-refractivity contribution >= 4 is 45.1 Å². The molecule has 0 unspecified atom stereocenters. The predicted octanol–water partition coefficient (Wildman–Crippen LogP) is 4.08. The first kappa shape index (κ1) is 21.9. The molecule has 2 heterocycles. The Kier molecular flexibility index (Phi) is 7.20. The second-order valence-electron chi connectivity index (χ2n) is 6.67. The van der Waals surface area contributed by atoms with E-state index in [1.807, 2.05) is 30.3 Å². The van der Waals surface area contributed by atoms with Gasteiger partial charge in [0.1, 0.15) is 15.6 Å². The summed E-state index contributed by atoms with van der Waals surface area (Å²) in [4.78, 5) is 12.1. The Bertz CT molecular complexity index is 1130. The topological polar surface area (TPSA) is 101 Å². The van der Waals surface area contributed by atoms with Crippen molar-refractivity contribution in [2.24, 2.45) is 0 Å². The highest BCUT2D eigenvalue weighted by Gasteiger charge is 2.16. The van der Waals surface area contributed by atoms with Gasteiger partial charge in [0, 0.05) is 18.3 Å². The molecule has 0 aliphatic carbocycles. The number of rotatable bonds is 9. The number of carbonyl (C=O) groups is 1. The third-order valence-electron chi connectivity index (χ3n) is 4.23. The number of amides is 1. The number of sulfonamides is 1. The molecule has 3 aromatic rings. The van der Waals surface area contributed by atoms with Gasteiger partial charge in [-0.1, -0.05) is 35.5 Å². The van der Waals surface area contributed by atoms with E-state index in [0.717, 1.165) is 29.1 Å². The van der Waals surface area contributed by atoms with Gasteiger partial charge in [-0.2, -0.15) is 0 Å². The number of thiophene rings is 1. The van der Waals surface area contributed by atoms with Crippen molar-refractivity contribution in [1.82, 2.24) is 9.88 Å². The molecule has 1 amide bonds. The average Bonchev–Trinajstić information content (AvgIpc) is 3.32. The third-order valence-corrected chi connectivity index (χ3v) is 7.24. The van der Waals surface area contributed by atoms with E-state index in [1.165, 1.54) is 12.5 Å². The van der Waals surface area contributed by atoms with Crippen molar-refractivity contribution in [2.75, 3.05) is 11.9 Å². The van der Waals surface area contributed by atoms with Crippen molar-refractivity contribution in [3.63, 3.8) is 0 Å². The lowest BCUT2D eigenvalue weighted by Gasteiger charge is -2.04. The molecule has 30 heavy (non-hydrogen) atoms. The Labute approximate surface area is 179 Å². The van der Waals surface area contributed by atoms with E-state index in [-0.39, 0.29) is 10.1 Å². The van der Waals surface area contributed by atoms with Gasteiger partial charge in [-0.15, -0.1) is 11.3 Å². The number of aryl methyl sites for hydroxylation is 2. The second kappa shape index (κ2) is 9.84. The summed E-state index contributed by atoms with van der Waals surface area (Å²) >= 11 is 1.15. The van der Waals surface area contributed by atoms with Crippen LogP contribution in [0.25, 0.3) is 12.2 Å². The molecule has 1 aromatic carbocycles. The number of nitrogens with zero attached hydrogens (tertiary/aromatic N) is 1. The molecule has 0 aliphatic heterocycles. The van der Waals surface area contributed by atoms with Crippen LogP contribution in [0.1, 0.15) is 35.2 Å². The Morgan fingerprint density at radius 2 is 1.93 bits per heavy atom. The van der Waals surface area contributed by atoms with Crippen LogP contribution in [0.4, 0.5) is 5.69 Å². The lowest BCUT2D eigenvalue weighted by atomic mass is 10.1. The first-order valence-corrected chi connectivity index (χ1v) is 11.7. The van der Waals surface area contributed by atoms with Crippen molar-refractivity contribution in [3.05, 3.63) is 64.4 Å². The molecular formula is C21H23N3O4S2. The molecule has 2 aromatic heterocycles. The molecule has 0 saturated heterocycles. The van der Waals surface area contributed by atoms with Gasteiger partial charge in [0.25, 0.3) is 0 Å². The highest BCUT2D eigenvalue weighted by molar-refractivity contribution is 7.91. The summed E-state index contributed by atoms with van der Waals surface area (Å²) < 4.78 is 33.1. The van der Waals surface area contributed by atoms with Crippen LogP contribution in [0.2, 0.25) is 0 Å². The fourth-order valence-electron chi connectivity index (χ4n) is 2.77. The maximum Gasteiger partial charge on any atom is 0.250 e. The van der Waals surface area contributed by atoms with E-state index in [4.69, 9.17) is 4.52 Å². The van der Waals surface area contributed by atoms with Crippen molar-refractivity contribution < 1.29 is 17.7 Å². The molecule has 2 N–H and O–H groups in total. The molecule has 158 valence electrons. The minimum Gasteiger partial charge on any atom is -0.354 e. The normalized spacial score (nSPS) is 11.8. The number of carbonyl (C=O) groups excluding carboxylic acids is 1. The standard InChI is InChI=1S/C21H23N3O4S2/c1-15-21(23-16(2)25)19(28-24-15)12-10-18-11-13-20(29-18)30(26,27)22-14-6-9-17-7-4-3-5-8-17/h3-5,7-8,10-13,22H,6,9,14H2,1-2H3,(H,23,25).